The molecular formula is C16H26N2. The summed E-state index contributed by atoms with van der Waals surface area (Å²) in [5, 5.41) is 8.75. The molecule has 4 bridgehead atoms. The maximum atomic E-state index is 8.75. The van der Waals surface area contributed by atoms with Crippen molar-refractivity contribution in [3.63, 3.8) is 0 Å². The zero-order chi connectivity index (χ0) is 12.8. The van der Waals surface area contributed by atoms with E-state index in [1.54, 1.807) is 0 Å². The highest BCUT2D eigenvalue weighted by atomic mass is 15.1. The third-order valence-electron chi connectivity index (χ3n) is 6.21. The van der Waals surface area contributed by atoms with Crippen LogP contribution in [-0.4, -0.2) is 24.5 Å². The molecule has 1 atom stereocenters. The summed E-state index contributed by atoms with van der Waals surface area (Å²) in [6, 6.07) is 2.95. The Hall–Kier alpha value is -0.550. The summed E-state index contributed by atoms with van der Waals surface area (Å²) in [6.45, 7) is 3.37. The summed E-state index contributed by atoms with van der Waals surface area (Å²) >= 11 is 0. The normalized spacial score (nSPS) is 43.1. The predicted octanol–water partition coefficient (Wildman–Crippen LogP) is 3.44. The zero-order valence-corrected chi connectivity index (χ0v) is 11.9. The van der Waals surface area contributed by atoms with Crippen LogP contribution in [0, 0.1) is 34.5 Å². The van der Waals surface area contributed by atoms with Crippen molar-refractivity contribution in [2.45, 2.75) is 57.9 Å². The lowest BCUT2D eigenvalue weighted by Crippen LogP contribution is -2.55. The highest BCUT2D eigenvalue weighted by Crippen LogP contribution is 2.61. The fraction of sp³-hybridized carbons (Fsp3) is 0.938. The van der Waals surface area contributed by atoms with Crippen molar-refractivity contribution in [2.24, 2.45) is 23.2 Å². The minimum Gasteiger partial charge on any atom is -0.302 e. The van der Waals surface area contributed by atoms with Crippen LogP contribution in [-0.2, 0) is 0 Å². The third kappa shape index (κ3) is 1.97. The molecule has 0 aliphatic heterocycles. The zero-order valence-electron chi connectivity index (χ0n) is 11.9. The first-order chi connectivity index (χ1) is 8.63. The smallest absolute Gasteiger partial charge is 0.0635 e. The van der Waals surface area contributed by atoms with Gasteiger partial charge in [-0.1, -0.05) is 0 Å². The van der Waals surface area contributed by atoms with Gasteiger partial charge >= 0.3 is 0 Å². The Morgan fingerprint density at radius 2 is 1.67 bits per heavy atom. The van der Waals surface area contributed by atoms with Crippen LogP contribution in [0.5, 0.6) is 0 Å². The van der Waals surface area contributed by atoms with Crippen LogP contribution in [0.2, 0.25) is 0 Å². The third-order valence-corrected chi connectivity index (χ3v) is 6.21. The molecule has 1 unspecified atom stereocenters. The van der Waals surface area contributed by atoms with E-state index in [4.69, 9.17) is 5.26 Å². The lowest BCUT2D eigenvalue weighted by Gasteiger charge is -2.60. The van der Waals surface area contributed by atoms with Crippen molar-refractivity contribution in [3.05, 3.63) is 0 Å². The van der Waals surface area contributed by atoms with Crippen LogP contribution in [0.15, 0.2) is 0 Å². The van der Waals surface area contributed by atoms with E-state index in [9.17, 15) is 0 Å². The summed E-state index contributed by atoms with van der Waals surface area (Å²) in [5.41, 5.74) is 0.596. The number of rotatable bonds is 4. The van der Waals surface area contributed by atoms with E-state index in [1.165, 1.54) is 38.5 Å². The number of hydrogen-bond donors (Lipinski definition) is 0. The van der Waals surface area contributed by atoms with Gasteiger partial charge in [0.1, 0.15) is 0 Å². The van der Waals surface area contributed by atoms with E-state index in [2.05, 4.69) is 24.9 Å². The standard InChI is InChI=1S/C16H26N2/c1-12(18(2)5-3-4-17)16-9-13-6-14(10-16)8-15(7-13)11-16/h12-15H,3,5-11H2,1-2H3. The molecule has 0 N–H and O–H groups in total. The van der Waals surface area contributed by atoms with Crippen LogP contribution >= 0.6 is 0 Å². The molecule has 2 heteroatoms. The Labute approximate surface area is 111 Å². The molecule has 4 rings (SSSR count). The molecule has 0 amide bonds. The molecule has 0 aromatic heterocycles. The Morgan fingerprint density at radius 3 is 2.11 bits per heavy atom. The van der Waals surface area contributed by atoms with Crippen LogP contribution in [0.4, 0.5) is 0 Å². The van der Waals surface area contributed by atoms with Crippen LogP contribution in [0.25, 0.3) is 0 Å². The summed E-state index contributed by atoms with van der Waals surface area (Å²) in [6.07, 6.45) is 9.65. The van der Waals surface area contributed by atoms with E-state index in [0.29, 0.717) is 17.9 Å². The average molecular weight is 246 g/mol. The maximum absolute atomic E-state index is 8.75. The van der Waals surface area contributed by atoms with Crippen molar-refractivity contribution in [1.82, 2.24) is 4.90 Å². The van der Waals surface area contributed by atoms with Gasteiger partial charge in [-0.05, 0) is 75.7 Å². The highest BCUT2D eigenvalue weighted by Gasteiger charge is 2.53. The Balaban J connectivity index is 1.72. The Bertz CT molecular complexity index is 319. The van der Waals surface area contributed by atoms with E-state index in [-0.39, 0.29) is 0 Å². The first-order valence-corrected chi connectivity index (χ1v) is 7.70. The lowest BCUT2D eigenvalue weighted by atomic mass is 9.47. The first kappa shape index (κ1) is 12.5. The second kappa shape index (κ2) is 4.53. The van der Waals surface area contributed by atoms with Crippen LogP contribution in [0.1, 0.15) is 51.9 Å². The second-order valence-corrected chi connectivity index (χ2v) is 7.34. The molecule has 0 heterocycles. The Kier molecular flexibility index (Phi) is 3.14. The lowest BCUT2D eigenvalue weighted by molar-refractivity contribution is -0.0921. The van der Waals surface area contributed by atoms with Crippen molar-refractivity contribution >= 4 is 0 Å². The minimum absolute atomic E-state index is 0.596. The van der Waals surface area contributed by atoms with Gasteiger partial charge in [0.25, 0.3) is 0 Å². The van der Waals surface area contributed by atoms with Crippen LogP contribution < -0.4 is 0 Å². The summed E-state index contributed by atoms with van der Waals surface area (Å²) in [7, 11) is 2.22. The van der Waals surface area contributed by atoms with Gasteiger partial charge < -0.3 is 4.90 Å². The maximum Gasteiger partial charge on any atom is 0.0635 e. The Morgan fingerprint density at radius 1 is 1.17 bits per heavy atom. The molecule has 100 valence electrons. The van der Waals surface area contributed by atoms with Gasteiger partial charge in [-0.15, -0.1) is 0 Å². The van der Waals surface area contributed by atoms with Gasteiger partial charge in [0.2, 0.25) is 0 Å². The largest absolute Gasteiger partial charge is 0.302 e. The number of hydrogen-bond acceptors (Lipinski definition) is 2. The molecule has 0 aromatic carbocycles. The van der Waals surface area contributed by atoms with E-state index >= 15 is 0 Å². The molecule has 4 aliphatic carbocycles. The summed E-state index contributed by atoms with van der Waals surface area (Å²) in [5.74, 6) is 3.09. The van der Waals surface area contributed by atoms with Crippen molar-refractivity contribution in [1.29, 1.82) is 5.26 Å². The molecule has 18 heavy (non-hydrogen) atoms. The number of nitrogens with zero attached hydrogens (tertiary/aromatic N) is 2. The second-order valence-electron chi connectivity index (χ2n) is 7.34. The summed E-state index contributed by atoms with van der Waals surface area (Å²) in [4.78, 5) is 2.45. The number of nitriles is 1. The molecule has 4 aliphatic rings. The highest BCUT2D eigenvalue weighted by molar-refractivity contribution is 5.05. The first-order valence-electron chi connectivity index (χ1n) is 7.70. The van der Waals surface area contributed by atoms with Crippen LogP contribution in [0.3, 0.4) is 0 Å². The van der Waals surface area contributed by atoms with Gasteiger partial charge in [-0.25, -0.2) is 0 Å². The van der Waals surface area contributed by atoms with Gasteiger partial charge in [0.05, 0.1) is 6.07 Å². The minimum atomic E-state index is 0.596. The van der Waals surface area contributed by atoms with Crippen molar-refractivity contribution in [2.75, 3.05) is 13.6 Å². The fourth-order valence-electron chi connectivity index (χ4n) is 5.58. The van der Waals surface area contributed by atoms with Gasteiger partial charge in [-0.2, -0.15) is 5.26 Å². The average Bonchev–Trinajstić information content (AvgIpc) is 2.33. The SMILES string of the molecule is CC(N(C)CCC#N)C12CC3CC(CC(C3)C1)C2. The topological polar surface area (TPSA) is 27.0 Å². The quantitative estimate of drug-likeness (QED) is 0.760. The molecular weight excluding hydrogens is 220 g/mol. The molecule has 2 nitrogen and oxygen atoms in total. The summed E-state index contributed by atoms with van der Waals surface area (Å²) < 4.78 is 0. The van der Waals surface area contributed by atoms with Crippen molar-refractivity contribution in [3.8, 4) is 6.07 Å². The van der Waals surface area contributed by atoms with Crippen molar-refractivity contribution < 1.29 is 0 Å². The van der Waals surface area contributed by atoms with E-state index < -0.39 is 0 Å². The van der Waals surface area contributed by atoms with E-state index in [0.717, 1.165) is 24.3 Å². The molecule has 0 aromatic rings. The monoisotopic (exact) mass is 246 g/mol. The molecule has 4 fully saturated rings. The fourth-order valence-corrected chi connectivity index (χ4v) is 5.58. The van der Waals surface area contributed by atoms with Gasteiger partial charge in [0, 0.05) is 19.0 Å². The van der Waals surface area contributed by atoms with E-state index in [1.807, 2.05) is 0 Å². The van der Waals surface area contributed by atoms with Gasteiger partial charge in [-0.3, -0.25) is 0 Å². The molecule has 0 radical (unpaired) electrons. The predicted molar refractivity (Wildman–Crippen MR) is 72.9 cm³/mol. The molecule has 4 saturated carbocycles. The molecule has 0 saturated heterocycles. The van der Waals surface area contributed by atoms with Gasteiger partial charge in [0.15, 0.2) is 0 Å². The molecule has 0 spiro atoms.